The summed E-state index contributed by atoms with van der Waals surface area (Å²) in [5.41, 5.74) is 4.18. The number of aromatic nitrogens is 1. The largest absolute Gasteiger partial charge is 0.361 e. The van der Waals surface area contributed by atoms with Crippen LogP contribution in [0.4, 0.5) is 0 Å². The number of halogens is 1. The Morgan fingerprint density at radius 3 is 2.67 bits per heavy atom. The van der Waals surface area contributed by atoms with Crippen molar-refractivity contribution >= 4 is 28.4 Å². The van der Waals surface area contributed by atoms with Crippen LogP contribution >= 0.6 is 11.6 Å². The van der Waals surface area contributed by atoms with Gasteiger partial charge in [0.05, 0.1) is 0 Å². The van der Waals surface area contributed by atoms with Gasteiger partial charge in [-0.3, -0.25) is 4.79 Å². The van der Waals surface area contributed by atoms with E-state index in [1.807, 2.05) is 30.3 Å². The summed E-state index contributed by atoms with van der Waals surface area (Å²) >= 11 is 5.81. The first-order valence-electron chi connectivity index (χ1n) is 8.26. The molecule has 1 amide bonds. The van der Waals surface area contributed by atoms with Crippen LogP contribution in [0.25, 0.3) is 10.9 Å². The predicted molar refractivity (Wildman–Crippen MR) is 99.8 cm³/mol. The van der Waals surface area contributed by atoms with Gasteiger partial charge in [0, 0.05) is 35.1 Å². The topological polar surface area (TPSA) is 44.9 Å². The van der Waals surface area contributed by atoms with Gasteiger partial charge in [-0.15, -0.1) is 11.6 Å². The zero-order valence-corrected chi connectivity index (χ0v) is 14.3. The molecule has 124 valence electrons. The van der Waals surface area contributed by atoms with Gasteiger partial charge in [0.1, 0.15) is 0 Å². The molecule has 0 bridgehead atoms. The number of benzene rings is 2. The number of rotatable bonds is 7. The van der Waals surface area contributed by atoms with Crippen LogP contribution in [-0.4, -0.2) is 23.3 Å². The standard InChI is InChI=1S/C20H21ClN2O/c21-12-11-15-6-1-2-9-18(15)20(24)22-13-5-7-16-14-23-19-10-4-3-8-17(16)19/h1-4,6,8-10,14,23H,5,7,11-13H2,(H,22,24). The van der Waals surface area contributed by atoms with Crippen LogP contribution in [0.3, 0.4) is 0 Å². The van der Waals surface area contributed by atoms with Crippen molar-refractivity contribution in [3.05, 3.63) is 71.4 Å². The Kier molecular flexibility index (Phi) is 5.55. The van der Waals surface area contributed by atoms with Crippen molar-refractivity contribution in [1.82, 2.24) is 10.3 Å². The van der Waals surface area contributed by atoms with Crippen LogP contribution in [-0.2, 0) is 12.8 Å². The van der Waals surface area contributed by atoms with Crippen molar-refractivity contribution < 1.29 is 4.79 Å². The highest BCUT2D eigenvalue weighted by molar-refractivity contribution is 6.18. The Hall–Kier alpha value is -2.26. The fourth-order valence-electron chi connectivity index (χ4n) is 2.98. The van der Waals surface area contributed by atoms with Crippen molar-refractivity contribution in [1.29, 1.82) is 0 Å². The van der Waals surface area contributed by atoms with Crippen molar-refractivity contribution in [3.8, 4) is 0 Å². The Balaban J connectivity index is 1.54. The molecule has 24 heavy (non-hydrogen) atoms. The molecule has 0 aliphatic heterocycles. The maximum atomic E-state index is 12.4. The summed E-state index contributed by atoms with van der Waals surface area (Å²) in [6.07, 6.45) is 4.61. The maximum absolute atomic E-state index is 12.4. The molecule has 2 N–H and O–H groups in total. The zero-order valence-electron chi connectivity index (χ0n) is 13.5. The van der Waals surface area contributed by atoms with Gasteiger partial charge < -0.3 is 10.3 Å². The summed E-state index contributed by atoms with van der Waals surface area (Å²) in [6.45, 7) is 0.660. The maximum Gasteiger partial charge on any atom is 0.251 e. The number of para-hydroxylation sites is 1. The SMILES string of the molecule is O=C(NCCCc1c[nH]c2ccccc12)c1ccccc1CCCl. The normalized spacial score (nSPS) is 10.9. The highest BCUT2D eigenvalue weighted by Gasteiger charge is 2.10. The van der Waals surface area contributed by atoms with Crippen molar-refractivity contribution in [2.45, 2.75) is 19.3 Å². The molecule has 1 aromatic heterocycles. The second-order valence-corrected chi connectivity index (χ2v) is 6.19. The van der Waals surface area contributed by atoms with E-state index in [-0.39, 0.29) is 5.91 Å². The van der Waals surface area contributed by atoms with Crippen LogP contribution in [0.5, 0.6) is 0 Å². The molecule has 2 aromatic carbocycles. The van der Waals surface area contributed by atoms with Crippen molar-refractivity contribution in [2.75, 3.05) is 12.4 Å². The van der Waals surface area contributed by atoms with E-state index in [2.05, 4.69) is 34.7 Å². The van der Waals surface area contributed by atoms with E-state index in [1.54, 1.807) is 0 Å². The van der Waals surface area contributed by atoms with Crippen LogP contribution < -0.4 is 5.32 Å². The predicted octanol–water partition coefficient (Wildman–Crippen LogP) is 4.31. The first-order valence-corrected chi connectivity index (χ1v) is 8.80. The first-order chi connectivity index (χ1) is 11.8. The summed E-state index contributed by atoms with van der Waals surface area (Å²) in [5, 5.41) is 4.28. The molecule has 3 rings (SSSR count). The lowest BCUT2D eigenvalue weighted by atomic mass is 10.0. The number of hydrogen-bond donors (Lipinski definition) is 2. The van der Waals surface area contributed by atoms with E-state index < -0.39 is 0 Å². The smallest absolute Gasteiger partial charge is 0.251 e. The second-order valence-electron chi connectivity index (χ2n) is 5.82. The van der Waals surface area contributed by atoms with Gasteiger partial charge in [0.15, 0.2) is 0 Å². The number of carbonyl (C=O) groups excluding carboxylic acids is 1. The van der Waals surface area contributed by atoms with Crippen LogP contribution in [0.1, 0.15) is 27.9 Å². The van der Waals surface area contributed by atoms with Gasteiger partial charge >= 0.3 is 0 Å². The summed E-state index contributed by atoms with van der Waals surface area (Å²) < 4.78 is 0. The molecule has 0 spiro atoms. The monoisotopic (exact) mass is 340 g/mol. The molecular formula is C20H21ClN2O. The minimum atomic E-state index is -0.0188. The highest BCUT2D eigenvalue weighted by Crippen LogP contribution is 2.18. The molecule has 0 saturated heterocycles. The molecule has 3 nitrogen and oxygen atoms in total. The van der Waals surface area contributed by atoms with E-state index in [1.165, 1.54) is 10.9 Å². The highest BCUT2D eigenvalue weighted by atomic mass is 35.5. The molecule has 0 atom stereocenters. The van der Waals surface area contributed by atoms with Gasteiger partial charge in [-0.05, 0) is 42.5 Å². The van der Waals surface area contributed by atoms with Gasteiger partial charge in [0.25, 0.3) is 5.91 Å². The molecule has 0 fully saturated rings. The van der Waals surface area contributed by atoms with Gasteiger partial charge in [-0.25, -0.2) is 0 Å². The molecule has 3 aromatic rings. The minimum absolute atomic E-state index is 0.0188. The van der Waals surface area contributed by atoms with Gasteiger partial charge in [-0.2, -0.15) is 0 Å². The third-order valence-corrected chi connectivity index (χ3v) is 4.40. The third-order valence-electron chi connectivity index (χ3n) is 4.21. The number of hydrogen-bond acceptors (Lipinski definition) is 1. The number of alkyl halides is 1. The Bertz CT molecular complexity index is 825. The molecule has 0 aliphatic rings. The number of amides is 1. The lowest BCUT2D eigenvalue weighted by Gasteiger charge is -2.09. The number of nitrogens with one attached hydrogen (secondary N) is 2. The number of carbonyl (C=O) groups is 1. The third kappa shape index (κ3) is 3.80. The lowest BCUT2D eigenvalue weighted by Crippen LogP contribution is -2.25. The summed E-state index contributed by atoms with van der Waals surface area (Å²) in [5.74, 6) is 0.500. The molecular weight excluding hydrogens is 320 g/mol. The number of H-pyrrole nitrogens is 1. The van der Waals surface area contributed by atoms with Crippen LogP contribution in [0, 0.1) is 0 Å². The fraction of sp³-hybridized carbons (Fsp3) is 0.250. The lowest BCUT2D eigenvalue weighted by molar-refractivity contribution is 0.0952. The van der Waals surface area contributed by atoms with Gasteiger partial charge in [0.2, 0.25) is 0 Å². The molecule has 1 heterocycles. The summed E-state index contributed by atoms with van der Waals surface area (Å²) in [7, 11) is 0. The quantitative estimate of drug-likeness (QED) is 0.488. The number of fused-ring (bicyclic) bond motifs is 1. The average Bonchev–Trinajstić information content (AvgIpc) is 3.02. The number of aryl methyl sites for hydroxylation is 2. The zero-order chi connectivity index (χ0) is 16.8. The fourth-order valence-corrected chi connectivity index (χ4v) is 3.18. The van der Waals surface area contributed by atoms with Crippen molar-refractivity contribution in [3.63, 3.8) is 0 Å². The van der Waals surface area contributed by atoms with E-state index in [0.717, 1.165) is 29.5 Å². The van der Waals surface area contributed by atoms with E-state index >= 15 is 0 Å². The molecule has 4 heteroatoms. The average molecular weight is 341 g/mol. The van der Waals surface area contributed by atoms with Gasteiger partial charge in [-0.1, -0.05) is 36.4 Å². The molecule has 0 unspecified atom stereocenters. The van der Waals surface area contributed by atoms with E-state index in [9.17, 15) is 4.79 Å². The Morgan fingerprint density at radius 1 is 1.00 bits per heavy atom. The summed E-state index contributed by atoms with van der Waals surface area (Å²) in [4.78, 5) is 15.6. The molecule has 0 saturated carbocycles. The van der Waals surface area contributed by atoms with Crippen LogP contribution in [0.15, 0.2) is 54.7 Å². The first kappa shape index (κ1) is 16.6. The second kappa shape index (κ2) is 8.02. The van der Waals surface area contributed by atoms with Crippen molar-refractivity contribution in [2.24, 2.45) is 0 Å². The van der Waals surface area contributed by atoms with Crippen LogP contribution in [0.2, 0.25) is 0 Å². The van der Waals surface area contributed by atoms with E-state index in [0.29, 0.717) is 18.8 Å². The Labute approximate surface area is 147 Å². The number of aromatic amines is 1. The van der Waals surface area contributed by atoms with E-state index in [4.69, 9.17) is 11.6 Å². The molecule has 0 aliphatic carbocycles. The Morgan fingerprint density at radius 2 is 1.79 bits per heavy atom. The molecule has 0 radical (unpaired) electrons. The summed E-state index contributed by atoms with van der Waals surface area (Å²) in [6, 6.07) is 15.9. The minimum Gasteiger partial charge on any atom is -0.361 e.